The molecule has 15 heavy (non-hydrogen) atoms. The van der Waals surface area contributed by atoms with Crippen molar-refractivity contribution in [3.8, 4) is 0 Å². The molecule has 1 heterocycles. The summed E-state index contributed by atoms with van der Waals surface area (Å²) >= 11 is 5.79. The molecule has 2 nitrogen and oxygen atoms in total. The highest BCUT2D eigenvalue weighted by Crippen LogP contribution is 2.18. The van der Waals surface area contributed by atoms with Crippen molar-refractivity contribution in [3.05, 3.63) is 41.7 Å². The average molecular weight is 225 g/mol. The van der Waals surface area contributed by atoms with E-state index in [9.17, 15) is 0 Å². The predicted molar refractivity (Wildman–Crippen MR) is 65.1 cm³/mol. The van der Waals surface area contributed by atoms with E-state index in [1.807, 2.05) is 25.3 Å². The molecule has 1 rings (SSSR count). The fourth-order valence-corrected chi connectivity index (χ4v) is 1.61. The predicted octanol–water partition coefficient (Wildman–Crippen LogP) is 3.35. The molecule has 0 saturated heterocycles. The summed E-state index contributed by atoms with van der Waals surface area (Å²) in [6.07, 6.45) is 6.87. The molecule has 1 atom stereocenters. The van der Waals surface area contributed by atoms with Crippen molar-refractivity contribution in [1.82, 2.24) is 10.3 Å². The first-order valence-electron chi connectivity index (χ1n) is 5.17. The summed E-state index contributed by atoms with van der Waals surface area (Å²) < 4.78 is 0. The molecule has 1 aromatic heterocycles. The highest BCUT2D eigenvalue weighted by molar-refractivity contribution is 6.30. The Labute approximate surface area is 96.4 Å². The van der Waals surface area contributed by atoms with Gasteiger partial charge in [0.2, 0.25) is 0 Å². The molecule has 0 bridgehead atoms. The van der Waals surface area contributed by atoms with Crippen molar-refractivity contribution in [2.75, 3.05) is 7.05 Å². The molecule has 1 unspecified atom stereocenters. The van der Waals surface area contributed by atoms with Crippen LogP contribution in [-0.4, -0.2) is 12.0 Å². The van der Waals surface area contributed by atoms with Crippen molar-refractivity contribution in [1.29, 1.82) is 0 Å². The summed E-state index contributed by atoms with van der Waals surface area (Å²) in [5.41, 5.74) is 1.05. The third-order valence-electron chi connectivity index (χ3n) is 2.36. The van der Waals surface area contributed by atoms with Crippen LogP contribution in [0.15, 0.2) is 31.0 Å². The van der Waals surface area contributed by atoms with E-state index in [0.29, 0.717) is 11.1 Å². The van der Waals surface area contributed by atoms with Crippen LogP contribution in [0.5, 0.6) is 0 Å². The lowest BCUT2D eigenvalue weighted by Crippen LogP contribution is -2.17. The number of nitrogens with zero attached hydrogens (tertiary/aromatic N) is 1. The monoisotopic (exact) mass is 224 g/mol. The Morgan fingerprint density at radius 2 is 2.40 bits per heavy atom. The summed E-state index contributed by atoms with van der Waals surface area (Å²) in [5, 5.41) is 3.94. The Balaban J connectivity index is 2.57. The van der Waals surface area contributed by atoms with E-state index in [0.717, 1.165) is 25.0 Å². The first kappa shape index (κ1) is 12.2. The van der Waals surface area contributed by atoms with E-state index in [-0.39, 0.29) is 0 Å². The van der Waals surface area contributed by atoms with Gasteiger partial charge in [0.25, 0.3) is 0 Å². The lowest BCUT2D eigenvalue weighted by molar-refractivity contribution is 0.518. The van der Waals surface area contributed by atoms with Gasteiger partial charge in [0.05, 0.1) is 10.7 Å². The summed E-state index contributed by atoms with van der Waals surface area (Å²) in [5.74, 6) is 0. The number of aromatic nitrogens is 1. The zero-order valence-corrected chi connectivity index (χ0v) is 9.80. The molecule has 0 aliphatic carbocycles. The minimum absolute atomic E-state index is 0.308. The van der Waals surface area contributed by atoms with Crippen LogP contribution < -0.4 is 5.32 Å². The van der Waals surface area contributed by atoms with Crippen LogP contribution >= 0.6 is 11.6 Å². The maximum absolute atomic E-state index is 5.79. The van der Waals surface area contributed by atoms with Crippen LogP contribution in [0.25, 0.3) is 0 Å². The van der Waals surface area contributed by atoms with Crippen LogP contribution in [0.3, 0.4) is 0 Å². The van der Waals surface area contributed by atoms with Crippen molar-refractivity contribution in [2.24, 2.45) is 0 Å². The summed E-state index contributed by atoms with van der Waals surface area (Å²) in [6, 6.07) is 4.15. The first-order valence-corrected chi connectivity index (χ1v) is 5.55. The first-order chi connectivity index (χ1) is 7.27. The average Bonchev–Trinajstić information content (AvgIpc) is 2.26. The highest BCUT2D eigenvalue weighted by Gasteiger charge is 2.09. The van der Waals surface area contributed by atoms with Gasteiger partial charge in [-0.05, 0) is 38.4 Å². The van der Waals surface area contributed by atoms with Crippen LogP contribution in [0.4, 0.5) is 0 Å². The number of hydrogen-bond donors (Lipinski definition) is 1. The number of hydrogen-bond acceptors (Lipinski definition) is 2. The van der Waals surface area contributed by atoms with Crippen molar-refractivity contribution < 1.29 is 0 Å². The Bertz CT molecular complexity index is 295. The van der Waals surface area contributed by atoms with Gasteiger partial charge < -0.3 is 5.32 Å². The minimum Gasteiger partial charge on any atom is -0.312 e. The SMILES string of the molecule is C=CCCCC(NC)c1ccc(Cl)cn1. The van der Waals surface area contributed by atoms with Gasteiger partial charge in [0, 0.05) is 12.2 Å². The molecule has 0 radical (unpaired) electrons. The molecule has 0 aliphatic heterocycles. The normalized spacial score (nSPS) is 12.4. The molecule has 82 valence electrons. The summed E-state index contributed by atoms with van der Waals surface area (Å²) in [4.78, 5) is 4.31. The van der Waals surface area contributed by atoms with Gasteiger partial charge in [-0.1, -0.05) is 17.7 Å². The maximum atomic E-state index is 5.79. The molecule has 0 amide bonds. The molecule has 1 N–H and O–H groups in total. The van der Waals surface area contributed by atoms with E-state index in [4.69, 9.17) is 11.6 Å². The molecule has 0 spiro atoms. The van der Waals surface area contributed by atoms with Gasteiger partial charge in [0.15, 0.2) is 0 Å². The molecule has 0 aromatic carbocycles. The van der Waals surface area contributed by atoms with Crippen molar-refractivity contribution in [2.45, 2.75) is 25.3 Å². The smallest absolute Gasteiger partial charge is 0.0589 e. The quantitative estimate of drug-likeness (QED) is 0.592. The minimum atomic E-state index is 0.308. The molecule has 0 fully saturated rings. The second kappa shape index (κ2) is 6.59. The zero-order chi connectivity index (χ0) is 11.1. The molecular weight excluding hydrogens is 208 g/mol. The number of halogens is 1. The zero-order valence-electron chi connectivity index (χ0n) is 9.04. The molecule has 3 heteroatoms. The largest absolute Gasteiger partial charge is 0.312 e. The van der Waals surface area contributed by atoms with Gasteiger partial charge in [-0.25, -0.2) is 0 Å². The van der Waals surface area contributed by atoms with E-state index < -0.39 is 0 Å². The van der Waals surface area contributed by atoms with E-state index >= 15 is 0 Å². The summed E-state index contributed by atoms with van der Waals surface area (Å²) in [7, 11) is 1.95. The highest BCUT2D eigenvalue weighted by atomic mass is 35.5. The van der Waals surface area contributed by atoms with Gasteiger partial charge in [0.1, 0.15) is 0 Å². The number of allylic oxidation sites excluding steroid dienone is 1. The molecule has 0 aliphatic rings. The standard InChI is InChI=1S/C12H17ClN2/c1-3-4-5-6-11(14-2)12-8-7-10(13)9-15-12/h3,7-9,11,14H,1,4-6H2,2H3. The third-order valence-corrected chi connectivity index (χ3v) is 2.58. The number of pyridine rings is 1. The number of nitrogens with one attached hydrogen (secondary N) is 1. The van der Waals surface area contributed by atoms with Crippen molar-refractivity contribution >= 4 is 11.6 Å². The Hall–Kier alpha value is -0.860. The Morgan fingerprint density at radius 3 is 2.93 bits per heavy atom. The number of unbranched alkanes of at least 4 members (excludes halogenated alkanes) is 1. The van der Waals surface area contributed by atoms with Crippen molar-refractivity contribution in [3.63, 3.8) is 0 Å². The third kappa shape index (κ3) is 4.02. The van der Waals surface area contributed by atoms with Crippen LogP contribution in [0, 0.1) is 0 Å². The fourth-order valence-electron chi connectivity index (χ4n) is 1.50. The van der Waals surface area contributed by atoms with Gasteiger partial charge in [-0.15, -0.1) is 6.58 Å². The maximum Gasteiger partial charge on any atom is 0.0589 e. The fraction of sp³-hybridized carbons (Fsp3) is 0.417. The Morgan fingerprint density at radius 1 is 1.60 bits per heavy atom. The van der Waals surface area contributed by atoms with E-state index in [1.54, 1.807) is 6.20 Å². The van der Waals surface area contributed by atoms with Gasteiger partial charge >= 0.3 is 0 Å². The molecule has 1 aromatic rings. The lowest BCUT2D eigenvalue weighted by atomic mass is 10.1. The van der Waals surface area contributed by atoms with Crippen LogP contribution in [-0.2, 0) is 0 Å². The van der Waals surface area contributed by atoms with E-state index in [1.165, 1.54) is 0 Å². The Kier molecular flexibility index (Phi) is 5.37. The van der Waals surface area contributed by atoms with Crippen LogP contribution in [0.2, 0.25) is 5.02 Å². The van der Waals surface area contributed by atoms with E-state index in [2.05, 4.69) is 16.9 Å². The summed E-state index contributed by atoms with van der Waals surface area (Å²) in [6.45, 7) is 3.71. The second-order valence-electron chi connectivity index (χ2n) is 3.46. The topological polar surface area (TPSA) is 24.9 Å². The van der Waals surface area contributed by atoms with Crippen LogP contribution in [0.1, 0.15) is 31.0 Å². The molecule has 0 saturated carbocycles. The second-order valence-corrected chi connectivity index (χ2v) is 3.90. The molecular formula is C12H17ClN2. The number of rotatable bonds is 6. The van der Waals surface area contributed by atoms with Gasteiger partial charge in [-0.3, -0.25) is 4.98 Å². The lowest BCUT2D eigenvalue weighted by Gasteiger charge is -2.14. The van der Waals surface area contributed by atoms with Gasteiger partial charge in [-0.2, -0.15) is 0 Å².